The zero-order valence-electron chi connectivity index (χ0n) is 11.0. The maximum Gasteiger partial charge on any atom is 0.382 e. The van der Waals surface area contributed by atoms with Gasteiger partial charge in [-0.2, -0.15) is 13.1 Å². The van der Waals surface area contributed by atoms with Crippen LogP contribution in [0.2, 0.25) is 0 Å². The molecule has 0 spiro atoms. The molecule has 5 nitrogen and oxygen atoms in total. The summed E-state index contributed by atoms with van der Waals surface area (Å²) in [5, 5.41) is 1.07. The highest BCUT2D eigenvalue weighted by Crippen LogP contribution is 2.36. The molecule has 6 heteroatoms. The molecular weight excluding hydrogens is 288 g/mol. The van der Waals surface area contributed by atoms with Crippen molar-refractivity contribution in [3.05, 3.63) is 54.2 Å². The Kier molecular flexibility index (Phi) is 2.57. The molecule has 106 valence electrons. The van der Waals surface area contributed by atoms with Crippen molar-refractivity contribution >= 4 is 21.2 Å². The monoisotopic (exact) mass is 300 g/mol. The van der Waals surface area contributed by atoms with Gasteiger partial charge in [0.05, 0.1) is 0 Å². The van der Waals surface area contributed by atoms with Crippen molar-refractivity contribution < 1.29 is 12.6 Å². The van der Waals surface area contributed by atoms with Crippen molar-refractivity contribution in [1.29, 1.82) is 0 Å². The molecular formula is C15H12N2O3S. The van der Waals surface area contributed by atoms with E-state index in [0.29, 0.717) is 5.75 Å². The molecule has 0 aliphatic carbocycles. The van der Waals surface area contributed by atoms with E-state index in [9.17, 15) is 8.42 Å². The van der Waals surface area contributed by atoms with Crippen molar-refractivity contribution in [3.8, 4) is 16.9 Å². The zero-order chi connectivity index (χ0) is 14.4. The zero-order valence-corrected chi connectivity index (χ0v) is 11.8. The average Bonchev–Trinajstić information content (AvgIpc) is 2.93. The topological polar surface area (TPSA) is 71.2 Å². The minimum Gasteiger partial charge on any atom is -0.370 e. The number of rotatable bonds is 1. The number of hydrogen-bond acceptors (Lipinski definition) is 3. The van der Waals surface area contributed by atoms with Gasteiger partial charge in [0.2, 0.25) is 0 Å². The van der Waals surface area contributed by atoms with E-state index >= 15 is 0 Å². The molecule has 0 radical (unpaired) electrons. The Morgan fingerprint density at radius 2 is 2.00 bits per heavy atom. The summed E-state index contributed by atoms with van der Waals surface area (Å²) in [4.78, 5) is 3.14. The van der Waals surface area contributed by atoms with E-state index in [-0.39, 0.29) is 6.54 Å². The van der Waals surface area contributed by atoms with Crippen molar-refractivity contribution in [1.82, 2.24) is 9.71 Å². The Morgan fingerprint density at radius 3 is 2.90 bits per heavy atom. The quantitative estimate of drug-likeness (QED) is 0.725. The standard InChI is InChI=1S/C15H12N2O3S/c18-21(19)17-9-12-2-1-3-13(15(12)20-21)10-4-5-14-11(8-10)6-7-16-14/h1-8,16-17H,9H2. The van der Waals surface area contributed by atoms with Crippen LogP contribution in [0.25, 0.3) is 22.0 Å². The third-order valence-electron chi connectivity index (χ3n) is 3.59. The highest BCUT2D eigenvalue weighted by molar-refractivity contribution is 7.85. The highest BCUT2D eigenvalue weighted by atomic mass is 32.2. The van der Waals surface area contributed by atoms with Crippen LogP contribution in [0.4, 0.5) is 0 Å². The van der Waals surface area contributed by atoms with E-state index in [1.165, 1.54) is 0 Å². The lowest BCUT2D eigenvalue weighted by atomic mass is 10.0. The molecule has 2 aromatic carbocycles. The van der Waals surface area contributed by atoms with Crippen LogP contribution < -0.4 is 8.91 Å². The molecule has 21 heavy (non-hydrogen) atoms. The lowest BCUT2D eigenvalue weighted by Crippen LogP contribution is -2.32. The van der Waals surface area contributed by atoms with Crippen LogP contribution in [0.3, 0.4) is 0 Å². The lowest BCUT2D eigenvalue weighted by molar-refractivity contribution is 0.454. The van der Waals surface area contributed by atoms with Crippen LogP contribution in [0.1, 0.15) is 5.56 Å². The second-order valence-corrected chi connectivity index (χ2v) is 6.30. The first-order valence-corrected chi connectivity index (χ1v) is 7.92. The fraction of sp³-hybridized carbons (Fsp3) is 0.0667. The molecule has 4 rings (SSSR count). The molecule has 0 atom stereocenters. The van der Waals surface area contributed by atoms with Crippen molar-refractivity contribution in [2.24, 2.45) is 0 Å². The fourth-order valence-electron chi connectivity index (χ4n) is 2.58. The second kappa shape index (κ2) is 4.34. The Labute approximate surface area is 121 Å². The first-order valence-electron chi connectivity index (χ1n) is 6.51. The van der Waals surface area contributed by atoms with Gasteiger partial charge in [-0.05, 0) is 29.1 Å². The van der Waals surface area contributed by atoms with Gasteiger partial charge in [-0.1, -0.05) is 24.3 Å². The SMILES string of the molecule is O=S1(=O)NCc2cccc(-c3ccc4[nH]ccc4c3)c2O1. The predicted molar refractivity (Wildman–Crippen MR) is 80.1 cm³/mol. The molecule has 1 aliphatic rings. The molecule has 2 heterocycles. The highest BCUT2D eigenvalue weighted by Gasteiger charge is 2.24. The van der Waals surface area contributed by atoms with E-state index in [1.54, 1.807) is 0 Å². The molecule has 0 unspecified atom stereocenters. The van der Waals surface area contributed by atoms with Crippen LogP contribution in [0.5, 0.6) is 5.75 Å². The van der Waals surface area contributed by atoms with Gasteiger partial charge in [0.15, 0.2) is 5.75 Å². The number of para-hydroxylation sites is 1. The molecule has 0 amide bonds. The summed E-state index contributed by atoms with van der Waals surface area (Å²) in [6.07, 6.45) is 1.87. The molecule has 2 N–H and O–H groups in total. The van der Waals surface area contributed by atoms with Crippen LogP contribution >= 0.6 is 0 Å². The normalized spacial score (nSPS) is 16.4. The third kappa shape index (κ3) is 2.09. The predicted octanol–water partition coefficient (Wildman–Crippen LogP) is 2.56. The minimum atomic E-state index is -3.71. The Bertz CT molecular complexity index is 944. The minimum absolute atomic E-state index is 0.248. The van der Waals surface area contributed by atoms with Gasteiger partial charge >= 0.3 is 10.3 Å². The molecule has 3 aromatic rings. The first kappa shape index (κ1) is 12.4. The summed E-state index contributed by atoms with van der Waals surface area (Å²) in [6.45, 7) is 0.248. The molecule has 0 bridgehead atoms. The van der Waals surface area contributed by atoms with Crippen molar-refractivity contribution in [2.75, 3.05) is 0 Å². The molecule has 1 aliphatic heterocycles. The van der Waals surface area contributed by atoms with Crippen LogP contribution in [-0.4, -0.2) is 13.4 Å². The van der Waals surface area contributed by atoms with Gasteiger partial charge in [0.25, 0.3) is 0 Å². The largest absolute Gasteiger partial charge is 0.382 e. The lowest BCUT2D eigenvalue weighted by Gasteiger charge is -2.20. The number of nitrogens with one attached hydrogen (secondary N) is 2. The Morgan fingerprint density at radius 1 is 1.10 bits per heavy atom. The number of benzene rings is 2. The van der Waals surface area contributed by atoms with Gasteiger partial charge in [0.1, 0.15) is 0 Å². The summed E-state index contributed by atoms with van der Waals surface area (Å²) in [5.41, 5.74) is 3.58. The Balaban J connectivity index is 1.92. The van der Waals surface area contributed by atoms with Crippen molar-refractivity contribution in [3.63, 3.8) is 0 Å². The van der Waals surface area contributed by atoms with Crippen LogP contribution in [0, 0.1) is 0 Å². The number of hydrogen-bond donors (Lipinski definition) is 2. The van der Waals surface area contributed by atoms with E-state index in [1.807, 2.05) is 48.7 Å². The van der Waals surface area contributed by atoms with Crippen LogP contribution in [0.15, 0.2) is 48.7 Å². The number of aromatic amines is 1. The smallest absolute Gasteiger partial charge is 0.370 e. The third-order valence-corrected chi connectivity index (χ3v) is 4.48. The summed E-state index contributed by atoms with van der Waals surface area (Å²) in [7, 11) is -3.71. The number of aromatic nitrogens is 1. The van der Waals surface area contributed by atoms with E-state index in [0.717, 1.165) is 27.6 Å². The maximum atomic E-state index is 11.6. The van der Waals surface area contributed by atoms with Gasteiger partial charge < -0.3 is 9.17 Å². The van der Waals surface area contributed by atoms with Gasteiger partial charge in [-0.15, -0.1) is 0 Å². The van der Waals surface area contributed by atoms with Gasteiger partial charge in [-0.3, -0.25) is 0 Å². The summed E-state index contributed by atoms with van der Waals surface area (Å²) in [5.74, 6) is 0.408. The van der Waals surface area contributed by atoms with Gasteiger partial charge in [-0.25, -0.2) is 0 Å². The summed E-state index contributed by atoms with van der Waals surface area (Å²) >= 11 is 0. The van der Waals surface area contributed by atoms with E-state index in [2.05, 4.69) is 9.71 Å². The maximum absolute atomic E-state index is 11.6. The molecule has 1 aromatic heterocycles. The fourth-order valence-corrected chi connectivity index (χ4v) is 3.38. The van der Waals surface area contributed by atoms with Crippen LogP contribution in [-0.2, 0) is 16.8 Å². The molecule has 0 saturated carbocycles. The number of fused-ring (bicyclic) bond motifs is 2. The Hall–Kier alpha value is -2.31. The van der Waals surface area contributed by atoms with Gasteiger partial charge in [0, 0.05) is 29.4 Å². The number of H-pyrrole nitrogens is 1. The van der Waals surface area contributed by atoms with Crippen molar-refractivity contribution in [2.45, 2.75) is 6.54 Å². The summed E-state index contributed by atoms with van der Waals surface area (Å²) < 4.78 is 30.8. The molecule has 0 fully saturated rings. The summed E-state index contributed by atoms with van der Waals surface area (Å²) in [6, 6.07) is 13.5. The second-order valence-electron chi connectivity index (χ2n) is 4.93. The van der Waals surface area contributed by atoms with E-state index in [4.69, 9.17) is 4.18 Å². The van der Waals surface area contributed by atoms with E-state index < -0.39 is 10.3 Å². The first-order chi connectivity index (χ1) is 10.1. The molecule has 0 saturated heterocycles. The average molecular weight is 300 g/mol.